The summed E-state index contributed by atoms with van der Waals surface area (Å²) in [5.74, 6) is -0.0885. The average Bonchev–Trinajstić information content (AvgIpc) is 3.06. The first kappa shape index (κ1) is 14.8. The van der Waals surface area contributed by atoms with Gasteiger partial charge in [-0.05, 0) is 6.42 Å². The van der Waals surface area contributed by atoms with Crippen LogP contribution in [0.1, 0.15) is 29.5 Å². The van der Waals surface area contributed by atoms with Crippen LogP contribution in [0.4, 0.5) is 0 Å². The number of imidazole rings is 1. The molecule has 0 aliphatic carbocycles. The summed E-state index contributed by atoms with van der Waals surface area (Å²) in [6, 6.07) is 1.82. The molecule has 0 atom stereocenters. The minimum Gasteiger partial charge on any atom is -0.476 e. The van der Waals surface area contributed by atoms with Crippen LogP contribution in [0.3, 0.4) is 0 Å². The minimum atomic E-state index is -1.08. The molecule has 0 fully saturated rings. The molecule has 3 rings (SSSR count). The van der Waals surface area contributed by atoms with E-state index in [0.717, 1.165) is 18.5 Å². The van der Waals surface area contributed by atoms with E-state index in [4.69, 9.17) is 5.11 Å². The molecule has 0 aliphatic heterocycles. The number of hydrogen-bond acceptors (Lipinski definition) is 6. The Kier molecular flexibility index (Phi) is 4.05. The van der Waals surface area contributed by atoms with Crippen molar-refractivity contribution in [3.63, 3.8) is 0 Å². The number of aromatic nitrogens is 6. The van der Waals surface area contributed by atoms with Gasteiger partial charge in [0.25, 0.3) is 0 Å². The summed E-state index contributed by atoms with van der Waals surface area (Å²) >= 11 is 0. The monoisotopic (exact) mass is 310 g/mol. The van der Waals surface area contributed by atoms with E-state index in [0.29, 0.717) is 17.3 Å². The van der Waals surface area contributed by atoms with Crippen molar-refractivity contribution in [1.82, 2.24) is 29.5 Å². The van der Waals surface area contributed by atoms with E-state index in [1.165, 1.54) is 12.5 Å². The maximum absolute atomic E-state index is 11.0. The van der Waals surface area contributed by atoms with Gasteiger partial charge in [-0.15, -0.1) is 0 Å². The third-order valence-corrected chi connectivity index (χ3v) is 3.13. The zero-order valence-electron chi connectivity index (χ0n) is 12.4. The molecule has 0 spiro atoms. The van der Waals surface area contributed by atoms with Crippen molar-refractivity contribution in [2.24, 2.45) is 0 Å². The molecule has 0 radical (unpaired) electrons. The topological polar surface area (TPSA) is 107 Å². The van der Waals surface area contributed by atoms with E-state index < -0.39 is 5.97 Å². The van der Waals surface area contributed by atoms with Crippen LogP contribution in [0.15, 0.2) is 37.2 Å². The second kappa shape index (κ2) is 6.30. The minimum absolute atomic E-state index is 0.0401. The van der Waals surface area contributed by atoms with Gasteiger partial charge in [0.15, 0.2) is 11.5 Å². The van der Waals surface area contributed by atoms with Crippen LogP contribution in [0.2, 0.25) is 0 Å². The lowest BCUT2D eigenvalue weighted by molar-refractivity contribution is 0.0691. The number of aryl methyl sites for hydroxylation is 1. The summed E-state index contributed by atoms with van der Waals surface area (Å²) in [7, 11) is 0. The second-order valence-corrected chi connectivity index (χ2v) is 4.85. The molecule has 8 nitrogen and oxygen atoms in total. The van der Waals surface area contributed by atoms with Crippen molar-refractivity contribution in [2.45, 2.75) is 19.8 Å². The lowest BCUT2D eigenvalue weighted by Crippen LogP contribution is -2.04. The predicted molar refractivity (Wildman–Crippen MR) is 81.1 cm³/mol. The average molecular weight is 310 g/mol. The molecule has 3 aromatic rings. The quantitative estimate of drug-likeness (QED) is 0.765. The Morgan fingerprint density at radius 1 is 1.26 bits per heavy atom. The summed E-state index contributed by atoms with van der Waals surface area (Å²) in [4.78, 5) is 32.0. The molecular weight excluding hydrogens is 296 g/mol. The SMILES string of the molecule is CCCc1cc(-n2cnc(C(=O)O)c2)nc(-c2cnccn2)n1. The molecule has 3 aromatic heterocycles. The lowest BCUT2D eigenvalue weighted by atomic mass is 10.2. The van der Waals surface area contributed by atoms with Crippen LogP contribution >= 0.6 is 0 Å². The van der Waals surface area contributed by atoms with Crippen LogP contribution in [0.25, 0.3) is 17.3 Å². The molecule has 1 N–H and O–H groups in total. The fourth-order valence-corrected chi connectivity index (χ4v) is 2.09. The molecule has 116 valence electrons. The van der Waals surface area contributed by atoms with Crippen molar-refractivity contribution in [2.75, 3.05) is 0 Å². The van der Waals surface area contributed by atoms with Gasteiger partial charge in [0.1, 0.15) is 17.8 Å². The van der Waals surface area contributed by atoms with E-state index in [1.54, 1.807) is 23.2 Å². The summed E-state index contributed by atoms with van der Waals surface area (Å²) in [5.41, 5.74) is 1.37. The smallest absolute Gasteiger partial charge is 0.356 e. The van der Waals surface area contributed by atoms with Crippen molar-refractivity contribution in [3.8, 4) is 17.3 Å². The molecule has 0 bridgehead atoms. The van der Waals surface area contributed by atoms with Gasteiger partial charge in [-0.25, -0.2) is 24.7 Å². The molecule has 0 saturated heterocycles. The summed E-state index contributed by atoms with van der Waals surface area (Å²) in [6.07, 6.45) is 9.29. The standard InChI is InChI=1S/C15H14N6O2/c1-2-3-10-6-13(21-8-12(15(22)23)18-9-21)20-14(19-10)11-7-16-4-5-17-11/h4-9H,2-3H2,1H3,(H,22,23). The highest BCUT2D eigenvalue weighted by atomic mass is 16.4. The third-order valence-electron chi connectivity index (χ3n) is 3.13. The number of nitrogens with zero attached hydrogens (tertiary/aromatic N) is 6. The van der Waals surface area contributed by atoms with Gasteiger partial charge in [-0.1, -0.05) is 13.3 Å². The van der Waals surface area contributed by atoms with Gasteiger partial charge in [-0.2, -0.15) is 0 Å². The summed E-state index contributed by atoms with van der Waals surface area (Å²) in [6.45, 7) is 2.06. The third kappa shape index (κ3) is 3.20. The first-order chi connectivity index (χ1) is 11.2. The molecule has 3 heterocycles. The molecule has 8 heteroatoms. The van der Waals surface area contributed by atoms with Gasteiger partial charge in [0.05, 0.1) is 6.20 Å². The van der Waals surface area contributed by atoms with Crippen molar-refractivity contribution in [1.29, 1.82) is 0 Å². The van der Waals surface area contributed by atoms with Crippen LogP contribution in [-0.4, -0.2) is 40.6 Å². The number of aromatic carboxylic acids is 1. The van der Waals surface area contributed by atoms with E-state index >= 15 is 0 Å². The maximum atomic E-state index is 11.0. The van der Waals surface area contributed by atoms with Gasteiger partial charge in [-0.3, -0.25) is 9.55 Å². The number of carboxylic acid groups (broad SMARTS) is 1. The largest absolute Gasteiger partial charge is 0.476 e. The molecule has 0 saturated carbocycles. The molecule has 23 heavy (non-hydrogen) atoms. The number of carboxylic acids is 1. The number of hydrogen-bond donors (Lipinski definition) is 1. The van der Waals surface area contributed by atoms with Crippen LogP contribution in [0, 0.1) is 0 Å². The fourth-order valence-electron chi connectivity index (χ4n) is 2.09. The Morgan fingerprint density at radius 2 is 2.13 bits per heavy atom. The highest BCUT2D eigenvalue weighted by Crippen LogP contribution is 2.16. The zero-order valence-corrected chi connectivity index (χ0v) is 12.4. The maximum Gasteiger partial charge on any atom is 0.356 e. The number of carbonyl (C=O) groups is 1. The second-order valence-electron chi connectivity index (χ2n) is 4.85. The van der Waals surface area contributed by atoms with Crippen LogP contribution < -0.4 is 0 Å². The zero-order chi connectivity index (χ0) is 16.2. The Morgan fingerprint density at radius 3 is 2.78 bits per heavy atom. The Labute approximate surface area is 131 Å². The van der Waals surface area contributed by atoms with Crippen LogP contribution in [0.5, 0.6) is 0 Å². The van der Waals surface area contributed by atoms with Gasteiger partial charge in [0.2, 0.25) is 0 Å². The summed E-state index contributed by atoms with van der Waals surface area (Å²) < 4.78 is 1.56. The van der Waals surface area contributed by atoms with E-state index in [9.17, 15) is 4.79 Å². The highest BCUT2D eigenvalue weighted by Gasteiger charge is 2.12. The first-order valence-corrected chi connectivity index (χ1v) is 7.09. The lowest BCUT2D eigenvalue weighted by Gasteiger charge is -2.07. The van der Waals surface area contributed by atoms with E-state index in [1.807, 2.05) is 6.07 Å². The van der Waals surface area contributed by atoms with Crippen LogP contribution in [-0.2, 0) is 6.42 Å². The molecule has 0 unspecified atom stereocenters. The molecule has 0 aromatic carbocycles. The predicted octanol–water partition coefficient (Wildman–Crippen LogP) is 1.77. The van der Waals surface area contributed by atoms with Crippen molar-refractivity contribution < 1.29 is 9.90 Å². The summed E-state index contributed by atoms with van der Waals surface area (Å²) in [5, 5.41) is 8.99. The van der Waals surface area contributed by atoms with Gasteiger partial charge < -0.3 is 5.11 Å². The molecular formula is C15H14N6O2. The fraction of sp³-hybridized carbons (Fsp3) is 0.200. The van der Waals surface area contributed by atoms with E-state index in [-0.39, 0.29) is 5.69 Å². The molecule has 0 aliphatic rings. The van der Waals surface area contributed by atoms with Gasteiger partial charge >= 0.3 is 5.97 Å². The Hall–Kier alpha value is -3.16. The molecule has 0 amide bonds. The Balaban J connectivity index is 2.08. The highest BCUT2D eigenvalue weighted by molar-refractivity contribution is 5.85. The van der Waals surface area contributed by atoms with Crippen molar-refractivity contribution >= 4 is 5.97 Å². The van der Waals surface area contributed by atoms with E-state index in [2.05, 4.69) is 31.8 Å². The normalized spacial score (nSPS) is 10.7. The first-order valence-electron chi connectivity index (χ1n) is 7.09. The van der Waals surface area contributed by atoms with Gasteiger partial charge in [0, 0.05) is 30.4 Å². The van der Waals surface area contributed by atoms with Crippen molar-refractivity contribution in [3.05, 3.63) is 48.6 Å². The number of rotatable bonds is 5. The Bertz CT molecular complexity index is 831.